The van der Waals surface area contributed by atoms with Crippen LogP contribution in [0.4, 0.5) is 0 Å². The number of aromatic amines is 1. The second-order valence-electron chi connectivity index (χ2n) is 9.18. The van der Waals surface area contributed by atoms with E-state index in [0.29, 0.717) is 10.1 Å². The highest BCUT2D eigenvalue weighted by Gasteiger charge is 2.25. The van der Waals surface area contributed by atoms with Crippen LogP contribution in [0.3, 0.4) is 0 Å². The standard InChI is InChI=1S/C23H22Cl2N6O6/c1-11(2)13-8-17(27-28-19(13)32)37-18-14(24)6-12(7-15(18)25)31-22(35)30(20(33)16(9-26)29-31)10-36-21(34)23(3,4)5/h6-8,11H,10H2,1-5H3,(H,28,32). The van der Waals surface area contributed by atoms with Gasteiger partial charge in [0.1, 0.15) is 6.07 Å². The summed E-state index contributed by atoms with van der Waals surface area (Å²) in [6, 6.07) is 5.59. The molecule has 1 aromatic carbocycles. The van der Waals surface area contributed by atoms with Crippen molar-refractivity contribution in [2.24, 2.45) is 5.41 Å². The molecular weight excluding hydrogens is 527 g/mol. The minimum atomic E-state index is -1.03. The average Bonchev–Trinajstić information content (AvgIpc) is 2.81. The maximum Gasteiger partial charge on any atom is 0.355 e. The van der Waals surface area contributed by atoms with Crippen LogP contribution in [0, 0.1) is 16.7 Å². The van der Waals surface area contributed by atoms with E-state index in [-0.39, 0.29) is 38.8 Å². The maximum atomic E-state index is 13.1. The Kier molecular flexibility index (Phi) is 7.90. The van der Waals surface area contributed by atoms with Crippen LogP contribution in [-0.2, 0) is 16.3 Å². The SMILES string of the molecule is CC(C)c1cc(Oc2c(Cl)cc(-n3nc(C#N)c(=O)n(COC(=O)C(C)(C)C)c3=O)cc2Cl)n[nH]c1=O. The Bertz CT molecular complexity index is 1570. The number of benzene rings is 1. The number of carbonyl (C=O) groups excluding carboxylic acids is 1. The maximum absolute atomic E-state index is 13.1. The monoisotopic (exact) mass is 548 g/mol. The molecule has 0 atom stereocenters. The van der Waals surface area contributed by atoms with Gasteiger partial charge in [0, 0.05) is 11.6 Å². The summed E-state index contributed by atoms with van der Waals surface area (Å²) in [4.78, 5) is 49.6. The quantitative estimate of drug-likeness (QED) is 0.455. The highest BCUT2D eigenvalue weighted by molar-refractivity contribution is 6.37. The van der Waals surface area contributed by atoms with Gasteiger partial charge in [-0.15, -0.1) is 10.2 Å². The Hall–Kier alpha value is -3.95. The Balaban J connectivity index is 2.05. The summed E-state index contributed by atoms with van der Waals surface area (Å²) >= 11 is 12.7. The number of ether oxygens (including phenoxy) is 2. The lowest BCUT2D eigenvalue weighted by atomic mass is 9.98. The van der Waals surface area contributed by atoms with Gasteiger partial charge in [0.15, 0.2) is 12.5 Å². The van der Waals surface area contributed by atoms with Crippen LogP contribution in [-0.4, -0.2) is 30.5 Å². The smallest absolute Gasteiger partial charge is 0.355 e. The Morgan fingerprint density at radius 1 is 1.16 bits per heavy atom. The molecule has 0 aliphatic rings. The molecule has 0 bridgehead atoms. The van der Waals surface area contributed by atoms with E-state index in [9.17, 15) is 24.4 Å². The third-order valence-electron chi connectivity index (χ3n) is 4.97. The molecular formula is C23H22Cl2N6O6. The van der Waals surface area contributed by atoms with Gasteiger partial charge in [0.25, 0.3) is 11.1 Å². The molecule has 14 heteroatoms. The molecule has 1 N–H and O–H groups in total. The number of nitrogens with one attached hydrogen (secondary N) is 1. The number of esters is 1. The third-order valence-corrected chi connectivity index (χ3v) is 5.53. The molecule has 2 aromatic heterocycles. The summed E-state index contributed by atoms with van der Waals surface area (Å²) in [6.07, 6.45) is 0. The number of hydrogen-bond donors (Lipinski definition) is 1. The summed E-state index contributed by atoms with van der Waals surface area (Å²) < 4.78 is 12.0. The van der Waals surface area contributed by atoms with Gasteiger partial charge in [-0.25, -0.2) is 14.5 Å². The second-order valence-corrected chi connectivity index (χ2v) is 10.00. The first-order valence-electron chi connectivity index (χ1n) is 10.8. The molecule has 37 heavy (non-hydrogen) atoms. The molecule has 0 saturated carbocycles. The van der Waals surface area contributed by atoms with Gasteiger partial charge in [0.2, 0.25) is 11.6 Å². The van der Waals surface area contributed by atoms with Gasteiger partial charge in [-0.05, 0) is 38.8 Å². The van der Waals surface area contributed by atoms with Crippen LogP contribution in [0.1, 0.15) is 51.8 Å². The van der Waals surface area contributed by atoms with Crippen LogP contribution in [0.2, 0.25) is 10.0 Å². The molecule has 0 amide bonds. The zero-order valence-electron chi connectivity index (χ0n) is 20.5. The Morgan fingerprint density at radius 3 is 2.32 bits per heavy atom. The van der Waals surface area contributed by atoms with E-state index in [1.165, 1.54) is 18.2 Å². The molecule has 0 fully saturated rings. The van der Waals surface area contributed by atoms with E-state index in [0.717, 1.165) is 4.68 Å². The lowest BCUT2D eigenvalue weighted by molar-refractivity contribution is -0.157. The molecule has 0 aliphatic carbocycles. The van der Waals surface area contributed by atoms with Crippen molar-refractivity contribution in [3.8, 4) is 23.4 Å². The first-order chi connectivity index (χ1) is 17.2. The van der Waals surface area contributed by atoms with Gasteiger partial charge in [-0.3, -0.25) is 14.4 Å². The number of aromatic nitrogens is 5. The summed E-state index contributed by atoms with van der Waals surface area (Å²) in [5.74, 6) is -0.767. The first kappa shape index (κ1) is 27.6. The van der Waals surface area contributed by atoms with Crippen LogP contribution in [0.25, 0.3) is 5.69 Å². The van der Waals surface area contributed by atoms with Crippen molar-refractivity contribution in [3.05, 3.63) is 70.7 Å². The third kappa shape index (κ3) is 5.90. The van der Waals surface area contributed by atoms with Crippen molar-refractivity contribution in [1.29, 1.82) is 5.26 Å². The fourth-order valence-electron chi connectivity index (χ4n) is 2.96. The highest BCUT2D eigenvalue weighted by atomic mass is 35.5. The van der Waals surface area contributed by atoms with Crippen LogP contribution >= 0.6 is 23.2 Å². The summed E-state index contributed by atoms with van der Waals surface area (Å²) in [5.41, 5.74) is -3.49. The predicted octanol–water partition coefficient (Wildman–Crippen LogP) is 3.12. The number of H-pyrrole nitrogens is 1. The molecule has 0 radical (unpaired) electrons. The van der Waals surface area contributed by atoms with Gasteiger partial charge >= 0.3 is 11.7 Å². The van der Waals surface area contributed by atoms with Crippen molar-refractivity contribution in [2.45, 2.75) is 47.3 Å². The average molecular weight is 549 g/mol. The number of halogens is 2. The Morgan fingerprint density at radius 2 is 1.78 bits per heavy atom. The minimum Gasteiger partial charge on any atom is -0.443 e. The summed E-state index contributed by atoms with van der Waals surface area (Å²) in [7, 11) is 0. The van der Waals surface area contributed by atoms with Gasteiger partial charge in [0.05, 0.1) is 21.1 Å². The second kappa shape index (κ2) is 10.6. The molecule has 12 nitrogen and oxygen atoms in total. The van der Waals surface area contributed by atoms with Crippen molar-refractivity contribution in [2.75, 3.05) is 0 Å². The highest BCUT2D eigenvalue weighted by Crippen LogP contribution is 2.37. The molecule has 0 saturated heterocycles. The first-order valence-corrected chi connectivity index (χ1v) is 11.6. The van der Waals surface area contributed by atoms with Crippen LogP contribution < -0.4 is 21.5 Å². The van der Waals surface area contributed by atoms with E-state index < -0.39 is 35.1 Å². The number of carbonyl (C=O) groups is 1. The summed E-state index contributed by atoms with van der Waals surface area (Å²) in [5, 5.41) is 19.2. The van der Waals surface area contributed by atoms with Gasteiger partial charge < -0.3 is 9.47 Å². The fraction of sp³-hybridized carbons (Fsp3) is 0.348. The predicted molar refractivity (Wildman–Crippen MR) is 133 cm³/mol. The van der Waals surface area contributed by atoms with E-state index in [1.54, 1.807) is 26.8 Å². The van der Waals surface area contributed by atoms with Crippen molar-refractivity contribution in [1.82, 2.24) is 24.5 Å². The van der Waals surface area contributed by atoms with E-state index >= 15 is 0 Å². The van der Waals surface area contributed by atoms with Crippen LogP contribution in [0.15, 0.2) is 32.6 Å². The molecule has 0 aliphatic heterocycles. The zero-order valence-corrected chi connectivity index (χ0v) is 22.0. The van der Waals surface area contributed by atoms with Crippen molar-refractivity contribution >= 4 is 29.2 Å². The van der Waals surface area contributed by atoms with Crippen molar-refractivity contribution in [3.63, 3.8) is 0 Å². The molecule has 3 aromatic rings. The molecule has 194 valence electrons. The minimum absolute atomic E-state index is 0.00274. The lowest BCUT2D eigenvalue weighted by Crippen LogP contribution is -2.43. The number of hydrogen-bond acceptors (Lipinski definition) is 9. The fourth-order valence-corrected chi connectivity index (χ4v) is 3.51. The molecule has 0 unspecified atom stereocenters. The van der Waals surface area contributed by atoms with Crippen molar-refractivity contribution < 1.29 is 14.3 Å². The Labute approximate surface area is 220 Å². The van der Waals surface area contributed by atoms with Gasteiger partial charge in [-0.1, -0.05) is 37.0 Å². The van der Waals surface area contributed by atoms with E-state index in [4.69, 9.17) is 32.7 Å². The van der Waals surface area contributed by atoms with Gasteiger partial charge in [-0.2, -0.15) is 9.94 Å². The van der Waals surface area contributed by atoms with E-state index in [2.05, 4.69) is 15.3 Å². The largest absolute Gasteiger partial charge is 0.443 e. The van der Waals surface area contributed by atoms with Crippen LogP contribution in [0.5, 0.6) is 11.6 Å². The summed E-state index contributed by atoms with van der Waals surface area (Å²) in [6.45, 7) is 7.72. The zero-order chi connectivity index (χ0) is 27.7. The topological polar surface area (TPSA) is 162 Å². The number of nitriles is 1. The molecule has 0 spiro atoms. The molecule has 3 rings (SSSR count). The number of rotatable bonds is 6. The van der Waals surface area contributed by atoms with E-state index in [1.807, 2.05) is 13.8 Å². The molecule has 2 heterocycles. The lowest BCUT2D eigenvalue weighted by Gasteiger charge is -2.17. The normalized spacial score (nSPS) is 11.3. The number of nitrogens with zero attached hydrogens (tertiary/aromatic N) is 5.